The van der Waals surface area contributed by atoms with Crippen molar-refractivity contribution in [2.45, 2.75) is 17.8 Å². The molecule has 0 aliphatic carbocycles. The van der Waals surface area contributed by atoms with Crippen molar-refractivity contribution in [3.05, 3.63) is 71.8 Å². The first-order valence-corrected chi connectivity index (χ1v) is 14.3. The van der Waals surface area contributed by atoms with Crippen molar-refractivity contribution in [3.63, 3.8) is 0 Å². The van der Waals surface area contributed by atoms with Crippen LogP contribution in [-0.2, 0) is 0 Å². The van der Waals surface area contributed by atoms with Crippen LogP contribution < -0.4 is 0 Å². The van der Waals surface area contributed by atoms with E-state index in [-0.39, 0.29) is 5.92 Å². The van der Waals surface area contributed by atoms with Gasteiger partial charge in [-0.3, -0.25) is 0 Å². The fourth-order valence-corrected chi connectivity index (χ4v) is 9.35. The standard InChI is InChI=1S/C17H11Br9/c18-14(19,15(20,21)16(22,23)17(24,25)26)13(11-7-3-1-4-8-11)12-9-5-2-6-10-12/h1-10,13H. The predicted molar refractivity (Wildman–Crippen MR) is 146 cm³/mol. The van der Waals surface area contributed by atoms with E-state index in [0.717, 1.165) is 11.1 Å². The van der Waals surface area contributed by atoms with Crippen molar-refractivity contribution in [2.75, 3.05) is 0 Å². The molecule has 0 fully saturated rings. The van der Waals surface area contributed by atoms with Gasteiger partial charge in [0.25, 0.3) is 0 Å². The molecule has 0 spiro atoms. The van der Waals surface area contributed by atoms with E-state index < -0.39 is 11.8 Å². The lowest BCUT2D eigenvalue weighted by molar-refractivity contribution is 0.637. The van der Waals surface area contributed by atoms with Gasteiger partial charge in [0.05, 0.1) is 0 Å². The third kappa shape index (κ3) is 4.97. The molecular weight excluding hydrogens is 923 g/mol. The maximum absolute atomic E-state index is 3.97. The summed E-state index contributed by atoms with van der Waals surface area (Å²) >= 11 is 34.2. The Morgan fingerprint density at radius 3 is 1.15 bits per heavy atom. The third-order valence-electron chi connectivity index (χ3n) is 3.80. The monoisotopic (exact) mass is 925 g/mol. The van der Waals surface area contributed by atoms with Crippen LogP contribution in [0.2, 0.25) is 0 Å². The minimum atomic E-state index is -0.743. The average molecular weight is 934 g/mol. The molecule has 142 valence electrons. The van der Waals surface area contributed by atoms with Gasteiger partial charge in [-0.25, -0.2) is 0 Å². The van der Waals surface area contributed by atoms with Crippen molar-refractivity contribution < 1.29 is 0 Å². The number of rotatable bonds is 5. The van der Waals surface area contributed by atoms with E-state index >= 15 is 0 Å². The molecule has 2 aromatic rings. The molecule has 0 radical (unpaired) electrons. The van der Waals surface area contributed by atoms with Crippen LogP contribution in [-0.4, -0.2) is 11.8 Å². The summed E-state index contributed by atoms with van der Waals surface area (Å²) in [5, 5.41) is 0. The molecular formula is C17H11Br9. The van der Waals surface area contributed by atoms with Crippen LogP contribution in [0.1, 0.15) is 17.0 Å². The lowest BCUT2D eigenvalue weighted by Crippen LogP contribution is -2.56. The van der Waals surface area contributed by atoms with Gasteiger partial charge in [0.2, 0.25) is 0 Å². The van der Waals surface area contributed by atoms with Gasteiger partial charge in [0.1, 0.15) is 9.70 Å². The Balaban J connectivity index is 2.67. The van der Waals surface area contributed by atoms with E-state index in [1.165, 1.54) is 0 Å². The Morgan fingerprint density at radius 1 is 0.500 bits per heavy atom. The highest BCUT2D eigenvalue weighted by molar-refractivity contribution is 9.42. The zero-order chi connectivity index (χ0) is 19.8. The van der Waals surface area contributed by atoms with Crippen LogP contribution in [0.4, 0.5) is 0 Å². The highest BCUT2D eigenvalue weighted by Crippen LogP contribution is 2.71. The minimum Gasteiger partial charge on any atom is -0.0691 e. The van der Waals surface area contributed by atoms with Gasteiger partial charge < -0.3 is 0 Å². The van der Waals surface area contributed by atoms with Crippen LogP contribution in [0, 0.1) is 0 Å². The molecule has 0 atom stereocenters. The zero-order valence-corrected chi connectivity index (χ0v) is 27.0. The summed E-state index contributed by atoms with van der Waals surface area (Å²) < 4.78 is -2.80. The van der Waals surface area contributed by atoms with E-state index in [0.29, 0.717) is 0 Å². The number of halogens is 9. The maximum Gasteiger partial charge on any atom is 0.162 e. The zero-order valence-electron chi connectivity index (χ0n) is 12.8. The molecule has 0 aliphatic rings. The first kappa shape index (κ1) is 25.0. The predicted octanol–water partition coefficient (Wildman–Crippen LogP) is 10.1. The summed E-state index contributed by atoms with van der Waals surface area (Å²) in [6, 6.07) is 20.7. The smallest absolute Gasteiger partial charge is 0.0691 e. The fourth-order valence-electron chi connectivity index (χ4n) is 2.47. The van der Waals surface area contributed by atoms with Crippen LogP contribution in [0.5, 0.6) is 0 Å². The van der Waals surface area contributed by atoms with E-state index in [1.54, 1.807) is 0 Å². The van der Waals surface area contributed by atoms with Gasteiger partial charge in [-0.2, -0.15) is 0 Å². The molecule has 9 heteroatoms. The molecule has 26 heavy (non-hydrogen) atoms. The van der Waals surface area contributed by atoms with Crippen LogP contribution in [0.25, 0.3) is 0 Å². The Hall–Kier alpha value is 2.76. The van der Waals surface area contributed by atoms with E-state index in [9.17, 15) is 0 Å². The lowest BCUT2D eigenvalue weighted by atomic mass is 9.86. The number of hydrogen-bond donors (Lipinski definition) is 0. The summed E-state index contributed by atoms with van der Waals surface area (Å²) in [4.78, 5) is 0. The fraction of sp³-hybridized carbons (Fsp3) is 0.294. The molecule has 0 aromatic heterocycles. The first-order chi connectivity index (χ1) is 11.8. The van der Waals surface area contributed by atoms with Crippen molar-refractivity contribution >= 4 is 143 Å². The van der Waals surface area contributed by atoms with Crippen LogP contribution in [0.15, 0.2) is 60.7 Å². The Labute approximate surface area is 229 Å². The number of alkyl halides is 9. The summed E-state index contributed by atoms with van der Waals surface area (Å²) in [7, 11) is 0. The molecule has 2 aromatic carbocycles. The van der Waals surface area contributed by atoms with Gasteiger partial charge in [-0.1, -0.05) is 204 Å². The SMILES string of the molecule is BrC(Br)(Br)C(Br)(Br)C(Br)(Br)C(Br)(Br)C(c1ccccc1)c1ccccc1. The normalized spacial score (nSPS) is 13.9. The summed E-state index contributed by atoms with van der Waals surface area (Å²) in [6.45, 7) is 0. The van der Waals surface area contributed by atoms with Gasteiger partial charge in [-0.05, 0) is 11.1 Å². The Morgan fingerprint density at radius 2 is 0.846 bits per heavy atom. The summed E-state index contributed by atoms with van der Waals surface area (Å²) in [5.41, 5.74) is 2.33. The molecule has 0 unspecified atom stereocenters. The van der Waals surface area contributed by atoms with Crippen LogP contribution in [0.3, 0.4) is 0 Å². The largest absolute Gasteiger partial charge is 0.162 e. The van der Waals surface area contributed by atoms with Gasteiger partial charge in [-0.15, -0.1) is 0 Å². The van der Waals surface area contributed by atoms with Crippen molar-refractivity contribution in [3.8, 4) is 0 Å². The highest BCUT2D eigenvalue weighted by atomic mass is 80.0. The second-order valence-electron chi connectivity index (χ2n) is 5.52. The molecule has 2 rings (SSSR count). The van der Waals surface area contributed by atoms with E-state index in [2.05, 4.69) is 168 Å². The second-order valence-corrected chi connectivity index (χ2v) is 22.7. The third-order valence-corrected chi connectivity index (χ3v) is 20.0. The van der Waals surface area contributed by atoms with E-state index in [1.807, 2.05) is 36.4 Å². The molecule has 0 amide bonds. The summed E-state index contributed by atoms with van der Waals surface area (Å²) in [5.74, 6) is -0.0343. The first-order valence-electron chi connectivity index (χ1n) is 7.14. The average Bonchev–Trinajstić information content (AvgIpc) is 2.55. The van der Waals surface area contributed by atoms with Crippen molar-refractivity contribution in [1.82, 2.24) is 0 Å². The quantitative estimate of drug-likeness (QED) is 0.262. The van der Waals surface area contributed by atoms with Crippen LogP contribution >= 0.6 is 143 Å². The Bertz CT molecular complexity index is 681. The lowest BCUT2D eigenvalue weighted by Gasteiger charge is -2.50. The maximum atomic E-state index is 3.97. The molecule has 0 saturated heterocycles. The molecule has 0 N–H and O–H groups in total. The number of hydrogen-bond acceptors (Lipinski definition) is 0. The van der Waals surface area contributed by atoms with Crippen molar-refractivity contribution in [1.29, 1.82) is 0 Å². The van der Waals surface area contributed by atoms with E-state index in [4.69, 9.17) is 0 Å². The van der Waals surface area contributed by atoms with Crippen molar-refractivity contribution in [2.24, 2.45) is 0 Å². The van der Waals surface area contributed by atoms with Gasteiger partial charge in [0.15, 0.2) is 2.14 Å². The topological polar surface area (TPSA) is 0 Å². The summed E-state index contributed by atoms with van der Waals surface area (Å²) in [6.07, 6.45) is 0. The molecule has 0 aliphatic heterocycles. The Kier molecular flexibility index (Phi) is 9.14. The number of benzene rings is 2. The second kappa shape index (κ2) is 9.49. The molecule has 0 heterocycles. The minimum absolute atomic E-state index is 0.0343. The molecule has 0 bridgehead atoms. The molecule has 0 nitrogen and oxygen atoms in total. The van der Waals surface area contributed by atoms with Gasteiger partial charge >= 0.3 is 0 Å². The highest BCUT2D eigenvalue weighted by Gasteiger charge is 2.66. The van der Waals surface area contributed by atoms with Gasteiger partial charge in [0, 0.05) is 5.92 Å². The molecule has 0 saturated carbocycles.